The summed E-state index contributed by atoms with van der Waals surface area (Å²) < 4.78 is 13.2. The maximum absolute atomic E-state index is 12.9. The number of rotatable bonds is 5. The minimum atomic E-state index is -0.287. The van der Waals surface area contributed by atoms with Gasteiger partial charge in [0.15, 0.2) is 5.78 Å². The number of ether oxygens (including phenoxy) is 2. The van der Waals surface area contributed by atoms with Gasteiger partial charge in [-0.1, -0.05) is 15.9 Å². The van der Waals surface area contributed by atoms with E-state index in [9.17, 15) is 4.79 Å². The second-order valence-corrected chi connectivity index (χ2v) is 7.19. The number of halogens is 1. The lowest BCUT2D eigenvalue weighted by Crippen LogP contribution is -2.33. The smallest absolute Gasteiger partial charge is 0.193 e. The van der Waals surface area contributed by atoms with Gasteiger partial charge in [-0.2, -0.15) is 0 Å². The van der Waals surface area contributed by atoms with Crippen molar-refractivity contribution in [2.75, 3.05) is 32.3 Å². The Hall–Kier alpha value is -0.270. The van der Waals surface area contributed by atoms with Crippen LogP contribution in [0.5, 0.6) is 0 Å². The standard InChI is InChI=1S/C15H17BrO3S2/c1-20-15(21-2)13(12-9-18-7-8-19-12)14(17)10-3-5-11(16)6-4-10/h3-6,12H,7-9H2,1-2H3. The molecule has 1 aliphatic heterocycles. The Balaban J connectivity index is 2.36. The van der Waals surface area contributed by atoms with Crippen LogP contribution in [0.25, 0.3) is 0 Å². The van der Waals surface area contributed by atoms with Crippen molar-refractivity contribution in [3.8, 4) is 0 Å². The zero-order valence-electron chi connectivity index (χ0n) is 11.9. The third-order valence-corrected chi connectivity index (χ3v) is 5.79. The number of ketones is 1. The Morgan fingerprint density at radius 1 is 1.19 bits per heavy atom. The molecule has 0 spiro atoms. The molecule has 1 aromatic carbocycles. The molecule has 1 aliphatic rings. The maximum atomic E-state index is 12.9. The van der Waals surface area contributed by atoms with Gasteiger partial charge in [0.05, 0.1) is 25.4 Å². The molecule has 0 saturated carbocycles. The van der Waals surface area contributed by atoms with Crippen LogP contribution in [0.1, 0.15) is 10.4 Å². The predicted octanol–water partition coefficient (Wildman–Crippen LogP) is 3.98. The van der Waals surface area contributed by atoms with Crippen LogP contribution in [-0.2, 0) is 9.47 Å². The number of Topliss-reactive ketones (excluding diaryl/α,β-unsaturated/α-hetero) is 1. The summed E-state index contributed by atoms with van der Waals surface area (Å²) in [5, 5.41) is 0. The van der Waals surface area contributed by atoms with Gasteiger partial charge < -0.3 is 9.47 Å². The molecule has 0 radical (unpaired) electrons. The largest absolute Gasteiger partial charge is 0.376 e. The van der Waals surface area contributed by atoms with Crippen LogP contribution in [0.15, 0.2) is 38.5 Å². The van der Waals surface area contributed by atoms with E-state index in [2.05, 4.69) is 15.9 Å². The first-order valence-electron chi connectivity index (χ1n) is 6.49. The van der Waals surface area contributed by atoms with Crippen molar-refractivity contribution in [2.45, 2.75) is 6.10 Å². The second kappa shape index (κ2) is 8.39. The lowest BCUT2D eigenvalue weighted by atomic mass is 10.0. The summed E-state index contributed by atoms with van der Waals surface area (Å²) >= 11 is 6.54. The van der Waals surface area contributed by atoms with E-state index < -0.39 is 0 Å². The third kappa shape index (κ3) is 4.36. The van der Waals surface area contributed by atoms with E-state index in [1.165, 1.54) is 0 Å². The maximum Gasteiger partial charge on any atom is 0.193 e. The lowest BCUT2D eigenvalue weighted by molar-refractivity contribution is -0.0712. The van der Waals surface area contributed by atoms with Crippen LogP contribution in [0.4, 0.5) is 0 Å². The van der Waals surface area contributed by atoms with Crippen LogP contribution in [0, 0.1) is 0 Å². The highest BCUT2D eigenvalue weighted by Crippen LogP contribution is 2.33. The van der Waals surface area contributed by atoms with Crippen molar-refractivity contribution in [3.63, 3.8) is 0 Å². The van der Waals surface area contributed by atoms with Crippen molar-refractivity contribution in [2.24, 2.45) is 0 Å². The highest BCUT2D eigenvalue weighted by atomic mass is 79.9. The molecule has 1 saturated heterocycles. The van der Waals surface area contributed by atoms with E-state index in [4.69, 9.17) is 9.47 Å². The molecule has 0 N–H and O–H groups in total. The summed E-state index contributed by atoms with van der Waals surface area (Å²) in [5.74, 6) is 0.0108. The molecular weight excluding hydrogens is 372 g/mol. The molecule has 1 aromatic rings. The van der Waals surface area contributed by atoms with E-state index >= 15 is 0 Å². The quantitative estimate of drug-likeness (QED) is 0.562. The Kier molecular flexibility index (Phi) is 6.82. The van der Waals surface area contributed by atoms with Gasteiger partial charge in [0.1, 0.15) is 6.10 Å². The average molecular weight is 389 g/mol. The van der Waals surface area contributed by atoms with Crippen LogP contribution in [-0.4, -0.2) is 44.2 Å². The van der Waals surface area contributed by atoms with Crippen LogP contribution < -0.4 is 0 Å². The van der Waals surface area contributed by atoms with Gasteiger partial charge in [-0.25, -0.2) is 0 Å². The summed E-state index contributed by atoms with van der Waals surface area (Å²) in [6.07, 6.45) is 3.67. The predicted molar refractivity (Wildman–Crippen MR) is 93.1 cm³/mol. The van der Waals surface area contributed by atoms with Crippen molar-refractivity contribution in [3.05, 3.63) is 44.1 Å². The average Bonchev–Trinajstić information content (AvgIpc) is 2.53. The highest BCUT2D eigenvalue weighted by Gasteiger charge is 2.28. The molecule has 2 rings (SSSR count). The molecule has 114 valence electrons. The van der Waals surface area contributed by atoms with Crippen molar-refractivity contribution in [1.29, 1.82) is 0 Å². The van der Waals surface area contributed by atoms with E-state index in [0.29, 0.717) is 31.0 Å². The number of hydrogen-bond donors (Lipinski definition) is 0. The molecule has 3 nitrogen and oxygen atoms in total. The summed E-state index contributed by atoms with van der Waals surface area (Å²) in [5.41, 5.74) is 1.37. The van der Waals surface area contributed by atoms with E-state index in [0.717, 1.165) is 8.71 Å². The summed E-state index contributed by atoms with van der Waals surface area (Å²) in [6, 6.07) is 7.41. The molecule has 6 heteroatoms. The zero-order chi connectivity index (χ0) is 15.2. The molecule has 21 heavy (non-hydrogen) atoms. The van der Waals surface area contributed by atoms with Crippen LogP contribution in [0.3, 0.4) is 0 Å². The number of carbonyl (C=O) groups is 1. The monoisotopic (exact) mass is 388 g/mol. The minimum absolute atomic E-state index is 0.0108. The van der Waals surface area contributed by atoms with Crippen LogP contribution in [0.2, 0.25) is 0 Å². The fourth-order valence-electron chi connectivity index (χ4n) is 2.08. The molecule has 0 aromatic heterocycles. The molecule has 1 heterocycles. The second-order valence-electron chi connectivity index (χ2n) is 4.38. The molecule has 1 atom stereocenters. The summed E-state index contributed by atoms with van der Waals surface area (Å²) in [4.78, 5) is 12.9. The van der Waals surface area contributed by atoms with Gasteiger partial charge in [0.2, 0.25) is 0 Å². The first-order valence-corrected chi connectivity index (χ1v) is 9.73. The highest BCUT2D eigenvalue weighted by molar-refractivity contribution is 9.10. The van der Waals surface area contributed by atoms with Crippen LogP contribution >= 0.6 is 39.5 Å². The van der Waals surface area contributed by atoms with E-state index in [1.807, 2.05) is 36.8 Å². The normalized spacial score (nSPS) is 18.3. The number of hydrogen-bond acceptors (Lipinski definition) is 5. The first-order chi connectivity index (χ1) is 10.2. The molecular formula is C15H17BrO3S2. The van der Waals surface area contributed by atoms with E-state index in [-0.39, 0.29) is 11.9 Å². The number of carbonyl (C=O) groups excluding carboxylic acids is 1. The molecule has 0 amide bonds. The molecule has 0 aliphatic carbocycles. The Bertz CT molecular complexity index is 516. The Labute approximate surface area is 142 Å². The molecule has 0 bridgehead atoms. The van der Waals surface area contributed by atoms with Gasteiger partial charge in [0, 0.05) is 14.3 Å². The Morgan fingerprint density at radius 2 is 1.86 bits per heavy atom. The number of benzene rings is 1. The van der Waals surface area contributed by atoms with Gasteiger partial charge in [-0.15, -0.1) is 23.5 Å². The van der Waals surface area contributed by atoms with Gasteiger partial charge in [0.25, 0.3) is 0 Å². The fraction of sp³-hybridized carbons (Fsp3) is 0.400. The summed E-state index contributed by atoms with van der Waals surface area (Å²) in [6.45, 7) is 1.55. The first kappa shape index (κ1) is 17.1. The minimum Gasteiger partial charge on any atom is -0.376 e. The fourth-order valence-corrected chi connectivity index (χ4v) is 3.90. The molecule has 1 fully saturated rings. The Morgan fingerprint density at radius 3 is 2.38 bits per heavy atom. The van der Waals surface area contributed by atoms with E-state index in [1.54, 1.807) is 23.5 Å². The molecule has 1 unspecified atom stereocenters. The van der Waals surface area contributed by atoms with Crippen molar-refractivity contribution in [1.82, 2.24) is 0 Å². The zero-order valence-corrected chi connectivity index (χ0v) is 15.1. The van der Waals surface area contributed by atoms with Crippen molar-refractivity contribution >= 4 is 45.2 Å². The van der Waals surface area contributed by atoms with Gasteiger partial charge in [-0.05, 0) is 36.8 Å². The van der Waals surface area contributed by atoms with Crippen molar-refractivity contribution < 1.29 is 14.3 Å². The summed E-state index contributed by atoms with van der Waals surface area (Å²) in [7, 11) is 0. The lowest BCUT2D eigenvalue weighted by Gasteiger charge is -2.26. The topological polar surface area (TPSA) is 35.5 Å². The third-order valence-electron chi connectivity index (χ3n) is 3.08. The number of thioether (sulfide) groups is 2. The van der Waals surface area contributed by atoms with Gasteiger partial charge in [-0.3, -0.25) is 4.79 Å². The van der Waals surface area contributed by atoms with Gasteiger partial charge >= 0.3 is 0 Å². The SMILES string of the molecule is CSC(SC)=C(C(=O)c1ccc(Br)cc1)C1COCCO1.